The van der Waals surface area contributed by atoms with E-state index in [0.717, 1.165) is 16.8 Å². The number of anilines is 4. The van der Waals surface area contributed by atoms with E-state index in [1.54, 1.807) is 18.2 Å². The Kier molecular flexibility index (Phi) is 5.16. The zero-order valence-electron chi connectivity index (χ0n) is 15.2. The van der Waals surface area contributed by atoms with E-state index >= 15 is 0 Å². The highest BCUT2D eigenvalue weighted by Crippen LogP contribution is 2.35. The number of para-hydroxylation sites is 2. The second kappa shape index (κ2) is 7.69. The molecule has 0 atom stereocenters. The molecule has 2 aromatic carbocycles. The van der Waals surface area contributed by atoms with Crippen LogP contribution in [0.1, 0.15) is 11.1 Å². The lowest BCUT2D eigenvalue weighted by molar-refractivity contribution is -0.383. The van der Waals surface area contributed by atoms with E-state index in [9.17, 15) is 10.1 Å². The molecule has 0 saturated heterocycles. The highest BCUT2D eigenvalue weighted by atomic mass is 16.6. The first-order valence-corrected chi connectivity index (χ1v) is 8.23. The highest BCUT2D eigenvalue weighted by Gasteiger charge is 2.24. The average molecular weight is 365 g/mol. The Morgan fingerprint density at radius 3 is 2.33 bits per heavy atom. The van der Waals surface area contributed by atoms with Crippen molar-refractivity contribution >= 4 is 28.7 Å². The Morgan fingerprint density at radius 1 is 1.00 bits per heavy atom. The molecule has 0 radical (unpaired) electrons. The summed E-state index contributed by atoms with van der Waals surface area (Å²) < 4.78 is 5.28. The van der Waals surface area contributed by atoms with Gasteiger partial charge in [-0.05, 0) is 43.2 Å². The molecular formula is C19H19N5O3. The van der Waals surface area contributed by atoms with Crippen LogP contribution >= 0.6 is 0 Å². The number of aryl methyl sites for hydroxylation is 2. The first kappa shape index (κ1) is 18.1. The Balaban J connectivity index is 2.03. The molecule has 8 nitrogen and oxygen atoms in total. The van der Waals surface area contributed by atoms with E-state index in [2.05, 4.69) is 20.6 Å². The lowest BCUT2D eigenvalue weighted by Crippen LogP contribution is -2.06. The molecule has 0 aliphatic rings. The summed E-state index contributed by atoms with van der Waals surface area (Å²) in [6, 6.07) is 12.9. The van der Waals surface area contributed by atoms with E-state index in [1.165, 1.54) is 13.4 Å². The molecule has 0 fully saturated rings. The molecule has 3 aromatic rings. The molecule has 8 heteroatoms. The number of rotatable bonds is 6. The quantitative estimate of drug-likeness (QED) is 0.490. The number of nitro groups is 1. The zero-order chi connectivity index (χ0) is 19.4. The van der Waals surface area contributed by atoms with Gasteiger partial charge in [-0.15, -0.1) is 0 Å². The summed E-state index contributed by atoms with van der Waals surface area (Å²) in [7, 11) is 1.53. The van der Waals surface area contributed by atoms with Crippen LogP contribution in [-0.4, -0.2) is 22.0 Å². The molecule has 0 amide bonds. The Labute approximate surface area is 156 Å². The first-order chi connectivity index (χ1) is 13.0. The van der Waals surface area contributed by atoms with Crippen LogP contribution in [0.25, 0.3) is 0 Å². The average Bonchev–Trinajstić information content (AvgIpc) is 2.65. The largest absolute Gasteiger partial charge is 0.495 e. The van der Waals surface area contributed by atoms with Crippen LogP contribution in [0, 0.1) is 24.0 Å². The van der Waals surface area contributed by atoms with Crippen molar-refractivity contribution in [3.05, 3.63) is 70.0 Å². The minimum atomic E-state index is -0.509. The third-order valence-electron chi connectivity index (χ3n) is 4.01. The van der Waals surface area contributed by atoms with E-state index in [4.69, 9.17) is 4.74 Å². The zero-order valence-corrected chi connectivity index (χ0v) is 15.2. The fourth-order valence-electron chi connectivity index (χ4n) is 2.61. The third-order valence-corrected chi connectivity index (χ3v) is 4.01. The topological polar surface area (TPSA) is 102 Å². The van der Waals surface area contributed by atoms with Crippen LogP contribution in [0.2, 0.25) is 0 Å². The highest BCUT2D eigenvalue weighted by molar-refractivity contribution is 5.78. The molecule has 1 aromatic heterocycles. The van der Waals surface area contributed by atoms with Crippen molar-refractivity contribution in [1.29, 1.82) is 0 Å². The van der Waals surface area contributed by atoms with Crippen molar-refractivity contribution in [1.82, 2.24) is 9.97 Å². The smallest absolute Gasteiger partial charge is 0.353 e. The number of nitrogens with zero attached hydrogens (tertiary/aromatic N) is 3. The van der Waals surface area contributed by atoms with Crippen LogP contribution in [0.5, 0.6) is 5.75 Å². The maximum Gasteiger partial charge on any atom is 0.353 e. The maximum atomic E-state index is 11.7. The monoisotopic (exact) mass is 365 g/mol. The van der Waals surface area contributed by atoms with Gasteiger partial charge in [-0.3, -0.25) is 10.1 Å². The predicted molar refractivity (Wildman–Crippen MR) is 104 cm³/mol. The summed E-state index contributed by atoms with van der Waals surface area (Å²) in [6.45, 7) is 3.87. The second-order valence-corrected chi connectivity index (χ2v) is 5.95. The summed E-state index contributed by atoms with van der Waals surface area (Å²) in [5, 5.41) is 17.8. The van der Waals surface area contributed by atoms with Gasteiger partial charge in [0, 0.05) is 5.69 Å². The molecule has 3 rings (SSSR count). The van der Waals surface area contributed by atoms with Gasteiger partial charge in [0.05, 0.1) is 17.7 Å². The van der Waals surface area contributed by atoms with Gasteiger partial charge < -0.3 is 15.4 Å². The molecule has 0 bridgehead atoms. The van der Waals surface area contributed by atoms with E-state index in [1.807, 2.05) is 38.1 Å². The van der Waals surface area contributed by atoms with Crippen LogP contribution in [0.4, 0.5) is 28.7 Å². The van der Waals surface area contributed by atoms with Crippen molar-refractivity contribution in [2.24, 2.45) is 0 Å². The van der Waals surface area contributed by atoms with Crippen LogP contribution < -0.4 is 15.4 Å². The number of aromatic nitrogens is 2. The number of hydrogen-bond donors (Lipinski definition) is 2. The molecule has 0 spiro atoms. The molecule has 0 unspecified atom stereocenters. The minimum Gasteiger partial charge on any atom is -0.495 e. The van der Waals surface area contributed by atoms with Gasteiger partial charge in [0.15, 0.2) is 0 Å². The second-order valence-electron chi connectivity index (χ2n) is 5.95. The summed E-state index contributed by atoms with van der Waals surface area (Å²) in [6.07, 6.45) is 1.28. The molecule has 2 N–H and O–H groups in total. The van der Waals surface area contributed by atoms with Gasteiger partial charge in [0.1, 0.15) is 12.1 Å². The standard InChI is InChI=1S/C19H19N5O3/c1-12-8-9-13(2)15(10-12)23-19-17(24(25)26)18(20-11-21-19)22-14-6-4-5-7-16(14)27-3/h4-11H,1-3H3,(H2,20,21,22,23). The Bertz CT molecular complexity index is 991. The van der Waals surface area contributed by atoms with Gasteiger partial charge in [-0.2, -0.15) is 0 Å². The molecule has 27 heavy (non-hydrogen) atoms. The fourth-order valence-corrected chi connectivity index (χ4v) is 2.61. The fraction of sp³-hybridized carbons (Fsp3) is 0.158. The molecular weight excluding hydrogens is 346 g/mol. The van der Waals surface area contributed by atoms with Crippen molar-refractivity contribution in [3.8, 4) is 5.75 Å². The number of ether oxygens (including phenoxy) is 1. The summed E-state index contributed by atoms with van der Waals surface area (Å²) in [5.74, 6) is 0.739. The summed E-state index contributed by atoms with van der Waals surface area (Å²) >= 11 is 0. The van der Waals surface area contributed by atoms with Crippen molar-refractivity contribution in [3.63, 3.8) is 0 Å². The van der Waals surface area contributed by atoms with E-state index in [0.29, 0.717) is 11.4 Å². The normalized spacial score (nSPS) is 10.3. The van der Waals surface area contributed by atoms with E-state index in [-0.39, 0.29) is 17.3 Å². The van der Waals surface area contributed by atoms with Crippen LogP contribution in [0.15, 0.2) is 48.8 Å². The Hall–Kier alpha value is -3.68. The first-order valence-electron chi connectivity index (χ1n) is 8.23. The van der Waals surface area contributed by atoms with Gasteiger partial charge in [-0.1, -0.05) is 24.3 Å². The number of nitrogens with one attached hydrogen (secondary N) is 2. The molecule has 0 aliphatic heterocycles. The van der Waals surface area contributed by atoms with Gasteiger partial charge >= 0.3 is 5.69 Å². The number of methoxy groups -OCH3 is 1. The van der Waals surface area contributed by atoms with Crippen LogP contribution in [0.3, 0.4) is 0 Å². The summed E-state index contributed by atoms with van der Waals surface area (Å²) in [5.41, 5.74) is 3.06. The van der Waals surface area contributed by atoms with Crippen molar-refractivity contribution in [2.75, 3.05) is 17.7 Å². The third kappa shape index (κ3) is 3.95. The van der Waals surface area contributed by atoms with Gasteiger partial charge in [-0.25, -0.2) is 9.97 Å². The SMILES string of the molecule is COc1ccccc1Nc1ncnc(Nc2cc(C)ccc2C)c1[N+](=O)[O-]. The molecule has 1 heterocycles. The molecule has 0 aliphatic carbocycles. The molecule has 0 saturated carbocycles. The lowest BCUT2D eigenvalue weighted by atomic mass is 10.1. The summed E-state index contributed by atoms with van der Waals surface area (Å²) in [4.78, 5) is 19.4. The molecule has 138 valence electrons. The number of benzene rings is 2. The minimum absolute atomic E-state index is 0.0762. The van der Waals surface area contributed by atoms with E-state index < -0.39 is 4.92 Å². The van der Waals surface area contributed by atoms with Crippen molar-refractivity contribution < 1.29 is 9.66 Å². The Morgan fingerprint density at radius 2 is 1.67 bits per heavy atom. The predicted octanol–water partition coefficient (Wildman–Crippen LogP) is 4.50. The van der Waals surface area contributed by atoms with Crippen LogP contribution in [-0.2, 0) is 0 Å². The lowest BCUT2D eigenvalue weighted by Gasteiger charge is -2.13. The van der Waals surface area contributed by atoms with Gasteiger partial charge in [0.2, 0.25) is 11.6 Å². The number of hydrogen-bond acceptors (Lipinski definition) is 7. The van der Waals surface area contributed by atoms with Crippen molar-refractivity contribution in [2.45, 2.75) is 13.8 Å². The maximum absolute atomic E-state index is 11.7. The van der Waals surface area contributed by atoms with Gasteiger partial charge in [0.25, 0.3) is 0 Å².